The number of ketones is 1. The van der Waals surface area contributed by atoms with Crippen LogP contribution < -0.4 is 0 Å². The summed E-state index contributed by atoms with van der Waals surface area (Å²) in [5, 5.41) is 1.56. The van der Waals surface area contributed by atoms with Crippen LogP contribution in [0, 0.1) is 12.7 Å². The summed E-state index contributed by atoms with van der Waals surface area (Å²) in [6.45, 7) is 3.49. The summed E-state index contributed by atoms with van der Waals surface area (Å²) in [6.07, 6.45) is 0. The summed E-state index contributed by atoms with van der Waals surface area (Å²) < 4.78 is 13.4. The molecule has 1 unspecified atom stereocenters. The van der Waals surface area contributed by atoms with Crippen molar-refractivity contribution in [1.29, 1.82) is 0 Å². The first-order valence-corrected chi connectivity index (χ1v) is 6.29. The predicted octanol–water partition coefficient (Wildman–Crippen LogP) is 4.25. The quantitative estimate of drug-likeness (QED) is 0.598. The zero-order valence-corrected chi connectivity index (χ0v) is 11.2. The van der Waals surface area contributed by atoms with Gasteiger partial charge >= 0.3 is 0 Å². The van der Waals surface area contributed by atoms with Gasteiger partial charge < -0.3 is 0 Å². The lowest BCUT2D eigenvalue weighted by atomic mass is 9.98. The highest BCUT2D eigenvalue weighted by atomic mass is 79.9. The molecule has 0 aliphatic carbocycles. The Balaban J connectivity index is 2.73. The summed E-state index contributed by atoms with van der Waals surface area (Å²) in [4.78, 5) is 11.8. The van der Waals surface area contributed by atoms with Crippen LogP contribution in [-0.2, 0) is 0 Å². The fourth-order valence-electron chi connectivity index (χ4n) is 1.83. The van der Waals surface area contributed by atoms with Crippen molar-refractivity contribution in [2.45, 2.75) is 18.7 Å². The minimum Gasteiger partial charge on any atom is -0.293 e. The molecule has 2 aromatic rings. The lowest BCUT2D eigenvalue weighted by molar-refractivity contribution is 0.0997. The van der Waals surface area contributed by atoms with Gasteiger partial charge in [0.15, 0.2) is 5.78 Å². The monoisotopic (exact) mass is 294 g/mol. The Bertz CT molecular complexity index is 590. The molecule has 1 nitrogen and oxygen atoms in total. The zero-order valence-electron chi connectivity index (χ0n) is 9.63. The molecule has 0 N–H and O–H groups in total. The summed E-state index contributed by atoms with van der Waals surface area (Å²) in [5.74, 6) is -0.226. The third-order valence-electron chi connectivity index (χ3n) is 2.79. The van der Waals surface area contributed by atoms with Crippen LogP contribution >= 0.6 is 15.9 Å². The summed E-state index contributed by atoms with van der Waals surface area (Å²) in [7, 11) is 0. The number of Topliss-reactive ketones (excluding diaryl/α,β-unsaturated/α-hetero) is 1. The van der Waals surface area contributed by atoms with E-state index < -0.39 is 0 Å². The molecule has 0 amide bonds. The molecule has 0 saturated heterocycles. The van der Waals surface area contributed by atoms with E-state index in [0.717, 1.165) is 10.8 Å². The number of rotatable bonds is 2. The number of carbonyl (C=O) groups is 1. The fraction of sp³-hybridized carbons (Fsp3) is 0.214. The molecule has 1 atom stereocenters. The molecule has 0 spiro atoms. The van der Waals surface area contributed by atoms with Crippen molar-refractivity contribution in [3.8, 4) is 0 Å². The lowest BCUT2D eigenvalue weighted by Crippen LogP contribution is -2.10. The number of halogens is 2. The molecule has 0 aliphatic rings. The second-order valence-electron chi connectivity index (χ2n) is 4.11. The number of aryl methyl sites for hydroxylation is 1. The maximum Gasteiger partial charge on any atom is 0.176 e. The average Bonchev–Trinajstić information content (AvgIpc) is 2.29. The van der Waals surface area contributed by atoms with E-state index in [-0.39, 0.29) is 16.4 Å². The summed E-state index contributed by atoms with van der Waals surface area (Å²) in [5.41, 5.74) is 1.19. The van der Waals surface area contributed by atoms with Gasteiger partial charge in [-0.15, -0.1) is 0 Å². The molecule has 0 saturated carbocycles. The topological polar surface area (TPSA) is 17.1 Å². The van der Waals surface area contributed by atoms with Crippen LogP contribution in [0.5, 0.6) is 0 Å². The highest BCUT2D eigenvalue weighted by Gasteiger charge is 2.15. The van der Waals surface area contributed by atoms with Crippen molar-refractivity contribution < 1.29 is 9.18 Å². The third kappa shape index (κ3) is 2.25. The van der Waals surface area contributed by atoms with Crippen LogP contribution in [0.25, 0.3) is 10.8 Å². The predicted molar refractivity (Wildman–Crippen MR) is 71.4 cm³/mol. The SMILES string of the molecule is Cc1cc2c(C(=O)C(C)Br)cccc2cc1F. The van der Waals surface area contributed by atoms with E-state index in [1.807, 2.05) is 6.07 Å². The maximum absolute atomic E-state index is 13.4. The van der Waals surface area contributed by atoms with Gasteiger partial charge in [0.25, 0.3) is 0 Å². The number of benzene rings is 2. The molecule has 0 fully saturated rings. The lowest BCUT2D eigenvalue weighted by Gasteiger charge is -2.08. The van der Waals surface area contributed by atoms with Gasteiger partial charge in [0, 0.05) is 5.56 Å². The van der Waals surface area contributed by atoms with Crippen LogP contribution in [0.2, 0.25) is 0 Å². The Kier molecular flexibility index (Phi) is 3.29. The Morgan fingerprint density at radius 3 is 2.71 bits per heavy atom. The fourth-order valence-corrected chi connectivity index (χ4v) is 2.08. The van der Waals surface area contributed by atoms with Gasteiger partial charge in [-0.05, 0) is 42.3 Å². The van der Waals surface area contributed by atoms with E-state index >= 15 is 0 Å². The molecule has 0 aromatic heterocycles. The largest absolute Gasteiger partial charge is 0.293 e. The minimum absolute atomic E-state index is 0.0154. The van der Waals surface area contributed by atoms with Gasteiger partial charge in [0.2, 0.25) is 0 Å². The molecule has 0 aliphatic heterocycles. The van der Waals surface area contributed by atoms with Crippen molar-refractivity contribution >= 4 is 32.5 Å². The van der Waals surface area contributed by atoms with E-state index in [9.17, 15) is 9.18 Å². The van der Waals surface area contributed by atoms with E-state index in [2.05, 4.69) is 15.9 Å². The molecule has 17 heavy (non-hydrogen) atoms. The first-order chi connectivity index (χ1) is 8.00. The Hall–Kier alpha value is -1.22. The zero-order chi connectivity index (χ0) is 12.6. The molecule has 0 radical (unpaired) electrons. The van der Waals surface area contributed by atoms with Crippen LogP contribution in [0.4, 0.5) is 4.39 Å². The van der Waals surface area contributed by atoms with Gasteiger partial charge in [0.1, 0.15) is 5.82 Å². The Morgan fingerprint density at radius 2 is 2.06 bits per heavy atom. The Labute approximate surface area is 108 Å². The van der Waals surface area contributed by atoms with Crippen LogP contribution in [0.1, 0.15) is 22.8 Å². The van der Waals surface area contributed by atoms with E-state index in [0.29, 0.717) is 11.1 Å². The first kappa shape index (κ1) is 12.2. The van der Waals surface area contributed by atoms with Gasteiger partial charge in [-0.3, -0.25) is 4.79 Å². The molecule has 2 rings (SSSR count). The van der Waals surface area contributed by atoms with Crippen molar-refractivity contribution in [2.24, 2.45) is 0 Å². The van der Waals surface area contributed by atoms with Crippen molar-refractivity contribution in [3.05, 3.63) is 47.3 Å². The highest BCUT2D eigenvalue weighted by molar-refractivity contribution is 9.10. The molecular weight excluding hydrogens is 283 g/mol. The smallest absolute Gasteiger partial charge is 0.176 e. The number of hydrogen-bond donors (Lipinski definition) is 0. The highest BCUT2D eigenvalue weighted by Crippen LogP contribution is 2.24. The summed E-state index contributed by atoms with van der Waals surface area (Å²) in [6, 6.07) is 8.57. The number of alkyl halides is 1. The van der Waals surface area contributed by atoms with Gasteiger partial charge in [-0.1, -0.05) is 34.1 Å². The first-order valence-electron chi connectivity index (χ1n) is 5.38. The molecular formula is C14H12BrFO. The van der Waals surface area contributed by atoms with E-state index in [1.165, 1.54) is 6.07 Å². The third-order valence-corrected chi connectivity index (χ3v) is 3.20. The van der Waals surface area contributed by atoms with Gasteiger partial charge in [-0.25, -0.2) is 4.39 Å². The number of fused-ring (bicyclic) bond motifs is 1. The van der Waals surface area contributed by atoms with Crippen molar-refractivity contribution in [3.63, 3.8) is 0 Å². The van der Waals surface area contributed by atoms with Crippen molar-refractivity contribution in [2.75, 3.05) is 0 Å². The second-order valence-corrected chi connectivity index (χ2v) is 5.48. The maximum atomic E-state index is 13.4. The standard InChI is InChI=1S/C14H12BrFO/c1-8-6-12-10(7-13(8)16)4-3-5-11(12)14(17)9(2)15/h3-7,9H,1-2H3. The molecule has 2 aromatic carbocycles. The van der Waals surface area contributed by atoms with Crippen molar-refractivity contribution in [1.82, 2.24) is 0 Å². The van der Waals surface area contributed by atoms with Crippen LogP contribution in [-0.4, -0.2) is 10.6 Å². The molecule has 0 heterocycles. The average molecular weight is 295 g/mol. The normalized spacial score (nSPS) is 12.7. The van der Waals surface area contributed by atoms with Gasteiger partial charge in [-0.2, -0.15) is 0 Å². The molecule has 0 bridgehead atoms. The minimum atomic E-state index is -0.242. The van der Waals surface area contributed by atoms with E-state index in [4.69, 9.17) is 0 Å². The van der Waals surface area contributed by atoms with Gasteiger partial charge in [0.05, 0.1) is 4.83 Å². The van der Waals surface area contributed by atoms with E-state index in [1.54, 1.807) is 32.0 Å². The second kappa shape index (κ2) is 4.57. The number of carbonyl (C=O) groups excluding carboxylic acids is 1. The molecule has 3 heteroatoms. The summed E-state index contributed by atoms with van der Waals surface area (Å²) >= 11 is 3.27. The molecule has 88 valence electrons. The van der Waals surface area contributed by atoms with Crippen LogP contribution in [0.3, 0.4) is 0 Å². The number of hydrogen-bond acceptors (Lipinski definition) is 1. The van der Waals surface area contributed by atoms with Crippen LogP contribution in [0.15, 0.2) is 30.3 Å². The Morgan fingerprint density at radius 1 is 1.35 bits per heavy atom.